The van der Waals surface area contributed by atoms with Crippen molar-refractivity contribution >= 4 is 40.5 Å². The standard InChI is InChI=1S/C13H14Cl2N4O/c14-9-7-17-19(8-9)5-1-2-13(20)18-10-3-4-11(15)12(16)6-10/h3-4,6-8H,1-2,5,16H2,(H,18,20). The van der Waals surface area contributed by atoms with Gasteiger partial charge in [0.05, 0.1) is 21.9 Å². The van der Waals surface area contributed by atoms with Crippen LogP contribution in [-0.2, 0) is 11.3 Å². The molecule has 0 aliphatic carbocycles. The molecule has 106 valence electrons. The number of rotatable bonds is 5. The summed E-state index contributed by atoms with van der Waals surface area (Å²) in [6.07, 6.45) is 4.35. The first kappa shape index (κ1) is 14.7. The molecule has 2 rings (SSSR count). The number of hydrogen-bond donors (Lipinski definition) is 2. The van der Waals surface area contributed by atoms with Gasteiger partial charge < -0.3 is 11.1 Å². The molecule has 0 bridgehead atoms. The Labute approximate surface area is 126 Å². The van der Waals surface area contributed by atoms with Gasteiger partial charge in [0.25, 0.3) is 0 Å². The van der Waals surface area contributed by atoms with Crippen molar-refractivity contribution in [3.63, 3.8) is 0 Å². The highest BCUT2D eigenvalue weighted by atomic mass is 35.5. The summed E-state index contributed by atoms with van der Waals surface area (Å²) in [5.41, 5.74) is 6.75. The molecule has 0 spiro atoms. The molecule has 5 nitrogen and oxygen atoms in total. The van der Waals surface area contributed by atoms with Crippen LogP contribution in [0.1, 0.15) is 12.8 Å². The van der Waals surface area contributed by atoms with Crippen LogP contribution in [0.4, 0.5) is 11.4 Å². The van der Waals surface area contributed by atoms with Crippen LogP contribution in [0.2, 0.25) is 10.0 Å². The van der Waals surface area contributed by atoms with Gasteiger partial charge in [-0.3, -0.25) is 9.48 Å². The zero-order chi connectivity index (χ0) is 14.5. The summed E-state index contributed by atoms with van der Waals surface area (Å²) in [4.78, 5) is 11.8. The number of aromatic nitrogens is 2. The molecule has 0 saturated carbocycles. The number of benzene rings is 1. The molecule has 3 N–H and O–H groups in total. The SMILES string of the molecule is Nc1cc(NC(=O)CCCn2cc(Cl)cn2)ccc1Cl. The topological polar surface area (TPSA) is 72.9 Å². The maximum Gasteiger partial charge on any atom is 0.224 e. The Bertz CT molecular complexity index is 612. The van der Waals surface area contributed by atoms with Crippen molar-refractivity contribution in [1.29, 1.82) is 0 Å². The van der Waals surface area contributed by atoms with E-state index in [0.29, 0.717) is 40.8 Å². The number of amides is 1. The zero-order valence-electron chi connectivity index (χ0n) is 10.6. The van der Waals surface area contributed by atoms with Gasteiger partial charge in [-0.1, -0.05) is 23.2 Å². The van der Waals surface area contributed by atoms with Gasteiger partial charge in [-0.2, -0.15) is 5.10 Å². The normalized spacial score (nSPS) is 10.5. The number of aryl methyl sites for hydroxylation is 1. The monoisotopic (exact) mass is 312 g/mol. The molecular weight excluding hydrogens is 299 g/mol. The summed E-state index contributed by atoms with van der Waals surface area (Å²) in [5, 5.41) is 7.87. The van der Waals surface area contributed by atoms with Gasteiger partial charge in [0, 0.05) is 24.8 Å². The Hall–Kier alpha value is -1.72. The largest absolute Gasteiger partial charge is 0.397 e. The molecule has 0 aliphatic heterocycles. The molecule has 0 aliphatic rings. The lowest BCUT2D eigenvalue weighted by molar-refractivity contribution is -0.116. The maximum atomic E-state index is 11.8. The molecule has 0 radical (unpaired) electrons. The number of carbonyl (C=O) groups is 1. The molecule has 0 fully saturated rings. The molecule has 1 aromatic heterocycles. The van der Waals surface area contributed by atoms with E-state index >= 15 is 0 Å². The van der Waals surface area contributed by atoms with E-state index in [0.717, 1.165) is 0 Å². The highest BCUT2D eigenvalue weighted by Crippen LogP contribution is 2.22. The van der Waals surface area contributed by atoms with E-state index in [1.807, 2.05) is 0 Å². The lowest BCUT2D eigenvalue weighted by atomic mass is 10.2. The number of nitrogens with zero attached hydrogens (tertiary/aromatic N) is 2. The maximum absolute atomic E-state index is 11.8. The highest BCUT2D eigenvalue weighted by Gasteiger charge is 2.05. The number of carbonyl (C=O) groups excluding carboxylic acids is 1. The van der Waals surface area contributed by atoms with Crippen LogP contribution < -0.4 is 11.1 Å². The average Bonchev–Trinajstić information content (AvgIpc) is 2.80. The smallest absolute Gasteiger partial charge is 0.224 e. The van der Waals surface area contributed by atoms with E-state index in [4.69, 9.17) is 28.9 Å². The van der Waals surface area contributed by atoms with E-state index in [-0.39, 0.29) is 5.91 Å². The van der Waals surface area contributed by atoms with Crippen molar-refractivity contribution in [1.82, 2.24) is 9.78 Å². The molecule has 0 saturated heterocycles. The number of nitrogens with two attached hydrogens (primary N) is 1. The summed E-state index contributed by atoms with van der Waals surface area (Å²) < 4.78 is 1.70. The Kier molecular flexibility index (Phi) is 4.87. The van der Waals surface area contributed by atoms with Gasteiger partial charge in [-0.05, 0) is 24.6 Å². The number of hydrogen-bond acceptors (Lipinski definition) is 3. The van der Waals surface area contributed by atoms with Gasteiger partial charge in [0.2, 0.25) is 5.91 Å². The van der Waals surface area contributed by atoms with E-state index in [1.165, 1.54) is 0 Å². The third-order valence-corrected chi connectivity index (χ3v) is 3.21. The van der Waals surface area contributed by atoms with E-state index in [1.54, 1.807) is 35.3 Å². The molecular formula is C13H14Cl2N4O. The second-order valence-corrected chi connectivity index (χ2v) is 5.15. The first-order chi connectivity index (χ1) is 9.54. The van der Waals surface area contributed by atoms with Gasteiger partial charge in [0.1, 0.15) is 0 Å². The van der Waals surface area contributed by atoms with E-state index in [9.17, 15) is 4.79 Å². The fourth-order valence-corrected chi connectivity index (χ4v) is 1.98. The summed E-state index contributed by atoms with van der Waals surface area (Å²) in [6, 6.07) is 5.00. The molecule has 0 atom stereocenters. The minimum absolute atomic E-state index is 0.0787. The van der Waals surface area contributed by atoms with E-state index in [2.05, 4.69) is 10.4 Å². The minimum atomic E-state index is -0.0787. The molecule has 1 heterocycles. The van der Waals surface area contributed by atoms with Crippen molar-refractivity contribution < 1.29 is 4.79 Å². The van der Waals surface area contributed by atoms with Crippen molar-refractivity contribution in [2.75, 3.05) is 11.1 Å². The first-order valence-corrected chi connectivity index (χ1v) is 6.83. The van der Waals surface area contributed by atoms with Crippen LogP contribution in [-0.4, -0.2) is 15.7 Å². The van der Waals surface area contributed by atoms with Crippen molar-refractivity contribution in [2.24, 2.45) is 0 Å². The van der Waals surface area contributed by atoms with Crippen LogP contribution in [0.3, 0.4) is 0 Å². The molecule has 20 heavy (non-hydrogen) atoms. The number of nitrogen functional groups attached to an aromatic ring is 1. The fraction of sp³-hybridized carbons (Fsp3) is 0.231. The Morgan fingerprint density at radius 3 is 2.85 bits per heavy atom. The number of nitrogens with one attached hydrogen (secondary N) is 1. The van der Waals surface area contributed by atoms with Gasteiger partial charge in [-0.15, -0.1) is 0 Å². The second-order valence-electron chi connectivity index (χ2n) is 4.31. The van der Waals surface area contributed by atoms with Crippen LogP contribution in [0.15, 0.2) is 30.6 Å². The van der Waals surface area contributed by atoms with Crippen molar-refractivity contribution in [3.05, 3.63) is 40.6 Å². The third-order valence-electron chi connectivity index (χ3n) is 2.67. The summed E-state index contributed by atoms with van der Waals surface area (Å²) >= 11 is 11.6. The van der Waals surface area contributed by atoms with E-state index < -0.39 is 0 Å². The van der Waals surface area contributed by atoms with Gasteiger partial charge in [0.15, 0.2) is 0 Å². The summed E-state index contributed by atoms with van der Waals surface area (Å²) in [7, 11) is 0. The third kappa shape index (κ3) is 4.15. The number of anilines is 2. The predicted molar refractivity (Wildman–Crippen MR) is 81.0 cm³/mol. The van der Waals surface area contributed by atoms with Crippen molar-refractivity contribution in [3.8, 4) is 0 Å². The molecule has 1 amide bonds. The van der Waals surface area contributed by atoms with Crippen LogP contribution in [0.25, 0.3) is 0 Å². The first-order valence-electron chi connectivity index (χ1n) is 6.07. The molecule has 2 aromatic rings. The zero-order valence-corrected chi connectivity index (χ0v) is 12.2. The van der Waals surface area contributed by atoms with Crippen LogP contribution in [0.5, 0.6) is 0 Å². The second kappa shape index (κ2) is 6.63. The number of halogens is 2. The Balaban J connectivity index is 1.79. The Morgan fingerprint density at radius 2 is 2.20 bits per heavy atom. The van der Waals surface area contributed by atoms with Crippen molar-refractivity contribution in [2.45, 2.75) is 19.4 Å². The Morgan fingerprint density at radius 1 is 1.40 bits per heavy atom. The predicted octanol–water partition coefficient (Wildman–Crippen LogP) is 3.19. The summed E-state index contributed by atoms with van der Waals surface area (Å²) in [5.74, 6) is -0.0787. The fourth-order valence-electron chi connectivity index (χ4n) is 1.71. The quantitative estimate of drug-likeness (QED) is 0.833. The van der Waals surface area contributed by atoms with Gasteiger partial charge in [-0.25, -0.2) is 0 Å². The molecule has 7 heteroatoms. The molecule has 1 aromatic carbocycles. The molecule has 0 unspecified atom stereocenters. The summed E-state index contributed by atoms with van der Waals surface area (Å²) in [6.45, 7) is 0.642. The lowest BCUT2D eigenvalue weighted by Gasteiger charge is -2.07. The average molecular weight is 313 g/mol. The van der Waals surface area contributed by atoms with Gasteiger partial charge >= 0.3 is 0 Å². The lowest BCUT2D eigenvalue weighted by Crippen LogP contribution is -2.12. The van der Waals surface area contributed by atoms with Crippen LogP contribution in [0, 0.1) is 0 Å². The highest BCUT2D eigenvalue weighted by molar-refractivity contribution is 6.33. The van der Waals surface area contributed by atoms with Crippen LogP contribution >= 0.6 is 23.2 Å². The minimum Gasteiger partial charge on any atom is -0.397 e.